The first-order valence-corrected chi connectivity index (χ1v) is 12.7. The maximum atomic E-state index is 6.92. The van der Waals surface area contributed by atoms with Gasteiger partial charge in [-0.1, -0.05) is 95.9 Å². The van der Waals surface area contributed by atoms with Crippen molar-refractivity contribution >= 4 is 14.4 Å². The predicted molar refractivity (Wildman–Crippen MR) is 128 cm³/mol. The van der Waals surface area contributed by atoms with Crippen LogP contribution in [0.2, 0.25) is 16.6 Å². The number of hydrogen-bond acceptors (Lipinski definition) is 1. The van der Waals surface area contributed by atoms with Gasteiger partial charge in [0.1, 0.15) is 0 Å². The minimum absolute atomic E-state index is 0.551. The zero-order valence-electron chi connectivity index (χ0n) is 18.8. The molecular weight excluding hydrogens is 356 g/mol. The fourth-order valence-corrected chi connectivity index (χ4v) is 9.21. The van der Waals surface area contributed by atoms with E-state index < -0.39 is 8.32 Å². The van der Waals surface area contributed by atoms with Crippen molar-refractivity contribution in [1.82, 2.24) is 0 Å². The molecule has 1 rings (SSSR count). The Kier molecular flexibility index (Phi) is 10.7. The molecule has 0 spiro atoms. The Bertz CT molecular complexity index is 690. The van der Waals surface area contributed by atoms with Gasteiger partial charge in [-0.05, 0) is 53.8 Å². The van der Waals surface area contributed by atoms with Crippen LogP contribution in [0.4, 0.5) is 0 Å². The smallest absolute Gasteiger partial charge is 0.258 e. The standard InChI is InChI=1S/C26H38OSi/c1-8-9-10-11-12-16-19-26(21-20-25-17-14-13-15-18-25)27-28(22(2)3,23(4)5)24(6)7/h8-9,13-15,17-24H,12,16H2,1-7H3/b9-8+,21-20+,26-19-. The molecule has 0 saturated carbocycles. The highest BCUT2D eigenvalue weighted by molar-refractivity contribution is 6.77. The van der Waals surface area contributed by atoms with Crippen LogP contribution in [0.3, 0.4) is 0 Å². The van der Waals surface area contributed by atoms with Crippen LogP contribution in [0.5, 0.6) is 0 Å². The van der Waals surface area contributed by atoms with Gasteiger partial charge in [-0.2, -0.15) is 0 Å². The summed E-state index contributed by atoms with van der Waals surface area (Å²) in [5.74, 6) is 7.26. The van der Waals surface area contributed by atoms with Crippen molar-refractivity contribution in [2.24, 2.45) is 0 Å². The van der Waals surface area contributed by atoms with E-state index >= 15 is 0 Å². The van der Waals surface area contributed by atoms with E-state index in [1.165, 1.54) is 5.56 Å². The van der Waals surface area contributed by atoms with Gasteiger partial charge < -0.3 is 4.43 Å². The summed E-state index contributed by atoms with van der Waals surface area (Å²) in [7, 11) is -1.98. The summed E-state index contributed by atoms with van der Waals surface area (Å²) in [6, 6.07) is 10.4. The molecule has 0 N–H and O–H groups in total. The van der Waals surface area contributed by atoms with E-state index in [9.17, 15) is 0 Å². The molecule has 0 bridgehead atoms. The molecule has 0 fully saturated rings. The Hall–Kier alpha value is -1.98. The van der Waals surface area contributed by atoms with Gasteiger partial charge in [0.2, 0.25) is 0 Å². The molecule has 152 valence electrons. The predicted octanol–water partition coefficient (Wildman–Crippen LogP) is 8.14. The highest BCUT2D eigenvalue weighted by Gasteiger charge is 2.47. The van der Waals surface area contributed by atoms with Crippen LogP contribution in [0.15, 0.2) is 60.4 Å². The van der Waals surface area contributed by atoms with Gasteiger partial charge in [-0.3, -0.25) is 0 Å². The van der Waals surface area contributed by atoms with E-state index in [-0.39, 0.29) is 0 Å². The van der Waals surface area contributed by atoms with Gasteiger partial charge in [0, 0.05) is 6.42 Å². The second kappa shape index (κ2) is 12.5. The Morgan fingerprint density at radius 1 is 1.00 bits per heavy atom. The van der Waals surface area contributed by atoms with Crippen molar-refractivity contribution in [2.45, 2.75) is 77.9 Å². The molecule has 1 aromatic carbocycles. The molecule has 1 nitrogen and oxygen atoms in total. The van der Waals surface area contributed by atoms with Crippen molar-refractivity contribution in [3.63, 3.8) is 0 Å². The highest BCUT2D eigenvalue weighted by Crippen LogP contribution is 2.43. The fraction of sp³-hybridized carbons (Fsp3) is 0.462. The zero-order valence-corrected chi connectivity index (χ0v) is 19.8. The molecule has 0 amide bonds. The first-order chi connectivity index (χ1) is 13.3. The third-order valence-corrected chi connectivity index (χ3v) is 11.2. The zero-order chi connectivity index (χ0) is 21.0. The van der Waals surface area contributed by atoms with E-state index in [0.29, 0.717) is 16.6 Å². The molecule has 0 radical (unpaired) electrons. The highest BCUT2D eigenvalue weighted by atomic mass is 28.4. The second-order valence-electron chi connectivity index (χ2n) is 8.13. The third kappa shape index (κ3) is 7.21. The fourth-order valence-electron chi connectivity index (χ4n) is 3.94. The summed E-state index contributed by atoms with van der Waals surface area (Å²) in [6.45, 7) is 15.9. The van der Waals surface area contributed by atoms with E-state index in [2.05, 4.69) is 95.9 Å². The lowest BCUT2D eigenvalue weighted by Crippen LogP contribution is -2.47. The van der Waals surface area contributed by atoms with Crippen LogP contribution in [0.25, 0.3) is 6.08 Å². The quantitative estimate of drug-likeness (QED) is 0.135. The van der Waals surface area contributed by atoms with Gasteiger partial charge in [-0.15, -0.1) is 0 Å². The molecule has 0 aliphatic carbocycles. The van der Waals surface area contributed by atoms with E-state index in [1.807, 2.05) is 25.1 Å². The maximum Gasteiger partial charge on any atom is 0.258 e. The molecule has 0 atom stereocenters. The van der Waals surface area contributed by atoms with Crippen molar-refractivity contribution < 1.29 is 4.43 Å². The van der Waals surface area contributed by atoms with Crippen LogP contribution in [0, 0.1) is 11.8 Å². The molecule has 0 heterocycles. The Morgan fingerprint density at radius 3 is 2.14 bits per heavy atom. The van der Waals surface area contributed by atoms with Gasteiger partial charge >= 0.3 is 0 Å². The molecular formula is C26H38OSi. The van der Waals surface area contributed by atoms with Crippen molar-refractivity contribution in [2.75, 3.05) is 0 Å². The van der Waals surface area contributed by atoms with Gasteiger partial charge in [0.05, 0.1) is 5.76 Å². The van der Waals surface area contributed by atoms with E-state index in [0.717, 1.165) is 18.6 Å². The molecule has 1 aromatic rings. The Morgan fingerprint density at radius 2 is 1.61 bits per heavy atom. The summed E-state index contributed by atoms with van der Waals surface area (Å²) in [5, 5.41) is 0. The van der Waals surface area contributed by atoms with E-state index in [1.54, 1.807) is 0 Å². The first kappa shape index (κ1) is 24.1. The minimum atomic E-state index is -1.98. The van der Waals surface area contributed by atoms with Crippen LogP contribution in [-0.4, -0.2) is 8.32 Å². The summed E-state index contributed by atoms with van der Waals surface area (Å²) in [5.41, 5.74) is 2.84. The number of unbranched alkanes of at least 4 members (excludes halogenated alkanes) is 1. The second-order valence-corrected chi connectivity index (χ2v) is 13.5. The number of rotatable bonds is 9. The van der Waals surface area contributed by atoms with Gasteiger partial charge in [-0.25, -0.2) is 0 Å². The summed E-state index contributed by atoms with van der Waals surface area (Å²) in [4.78, 5) is 0. The van der Waals surface area contributed by atoms with Crippen LogP contribution in [-0.2, 0) is 4.43 Å². The largest absolute Gasteiger partial charge is 0.543 e. The molecule has 0 unspecified atom stereocenters. The molecule has 28 heavy (non-hydrogen) atoms. The van der Waals surface area contributed by atoms with Crippen molar-refractivity contribution in [3.05, 3.63) is 66.0 Å². The molecule has 0 aliphatic heterocycles. The number of allylic oxidation sites excluding steroid dienone is 4. The molecule has 2 heteroatoms. The average Bonchev–Trinajstić information content (AvgIpc) is 2.66. The lowest BCUT2D eigenvalue weighted by atomic mass is 10.2. The summed E-state index contributed by atoms with van der Waals surface area (Å²) in [6.07, 6.45) is 12.1. The Balaban J connectivity index is 3.14. The summed E-state index contributed by atoms with van der Waals surface area (Å²) >= 11 is 0. The van der Waals surface area contributed by atoms with Crippen LogP contribution >= 0.6 is 0 Å². The van der Waals surface area contributed by atoms with Crippen LogP contribution < -0.4 is 0 Å². The van der Waals surface area contributed by atoms with E-state index in [4.69, 9.17) is 4.43 Å². The topological polar surface area (TPSA) is 9.23 Å². The minimum Gasteiger partial charge on any atom is -0.543 e. The maximum absolute atomic E-state index is 6.92. The molecule has 0 saturated heterocycles. The van der Waals surface area contributed by atoms with Crippen molar-refractivity contribution in [3.8, 4) is 11.8 Å². The first-order valence-electron chi connectivity index (χ1n) is 10.6. The average molecular weight is 395 g/mol. The Labute approximate surface area is 174 Å². The van der Waals surface area contributed by atoms with Gasteiger partial charge in [0.25, 0.3) is 8.32 Å². The lowest BCUT2D eigenvalue weighted by Gasteiger charge is -2.42. The SMILES string of the molecule is C/C=C/C#CCC/C=C(/C=C/c1ccccc1)O[Si](C(C)C)(C(C)C)C(C)C. The van der Waals surface area contributed by atoms with Gasteiger partial charge in [0.15, 0.2) is 0 Å². The molecule has 0 aliphatic rings. The normalized spacial score (nSPS) is 13.0. The van der Waals surface area contributed by atoms with Crippen LogP contribution in [0.1, 0.15) is 66.9 Å². The summed E-state index contributed by atoms with van der Waals surface area (Å²) < 4.78 is 6.92. The monoisotopic (exact) mass is 394 g/mol. The molecule has 0 aromatic heterocycles. The number of benzene rings is 1. The third-order valence-electron chi connectivity index (χ3n) is 5.21. The number of hydrogen-bond donors (Lipinski definition) is 0. The lowest BCUT2D eigenvalue weighted by molar-refractivity contribution is 0.385. The van der Waals surface area contributed by atoms with Crippen molar-refractivity contribution in [1.29, 1.82) is 0 Å².